The SMILES string of the molecule is CC(=O)CCn1cnc(N)c1.Cl. The van der Waals surface area contributed by atoms with E-state index in [1.54, 1.807) is 24.0 Å². The Morgan fingerprint density at radius 3 is 2.83 bits per heavy atom. The molecule has 0 bridgehead atoms. The van der Waals surface area contributed by atoms with Crippen molar-refractivity contribution in [3.05, 3.63) is 12.5 Å². The normalized spacial score (nSPS) is 9.08. The van der Waals surface area contributed by atoms with Crippen molar-refractivity contribution in [3.8, 4) is 0 Å². The number of rotatable bonds is 3. The first-order valence-electron chi connectivity index (χ1n) is 3.45. The molecule has 2 N–H and O–H groups in total. The van der Waals surface area contributed by atoms with Crippen LogP contribution in [-0.4, -0.2) is 15.3 Å². The summed E-state index contributed by atoms with van der Waals surface area (Å²) in [6.07, 6.45) is 3.87. The number of hydrogen-bond donors (Lipinski definition) is 1. The summed E-state index contributed by atoms with van der Waals surface area (Å²) in [5.74, 6) is 0.672. The predicted molar refractivity (Wildman–Crippen MR) is 49.2 cm³/mol. The largest absolute Gasteiger partial charge is 0.382 e. The fourth-order valence-corrected chi connectivity index (χ4v) is 0.786. The van der Waals surface area contributed by atoms with E-state index in [-0.39, 0.29) is 18.2 Å². The Labute approximate surface area is 77.2 Å². The molecule has 0 fully saturated rings. The second-order valence-corrected chi connectivity index (χ2v) is 2.49. The molecule has 1 aromatic rings. The van der Waals surface area contributed by atoms with Gasteiger partial charge in [-0.05, 0) is 6.92 Å². The number of Topliss-reactive ketones (excluding diaryl/α,β-unsaturated/α-hetero) is 1. The molecule has 0 unspecified atom stereocenters. The summed E-state index contributed by atoms with van der Waals surface area (Å²) in [5, 5.41) is 0. The van der Waals surface area contributed by atoms with Crippen molar-refractivity contribution in [2.75, 3.05) is 5.73 Å². The summed E-state index contributed by atoms with van der Waals surface area (Å²) < 4.78 is 1.80. The number of nitrogens with two attached hydrogens (primary N) is 1. The average Bonchev–Trinajstić information content (AvgIpc) is 2.31. The number of ketones is 1. The number of nitrogen functional groups attached to an aromatic ring is 1. The average molecular weight is 190 g/mol. The van der Waals surface area contributed by atoms with Crippen LogP contribution in [0, 0.1) is 0 Å². The van der Waals surface area contributed by atoms with E-state index in [4.69, 9.17) is 5.73 Å². The van der Waals surface area contributed by atoms with Crippen LogP contribution in [0.4, 0.5) is 5.82 Å². The van der Waals surface area contributed by atoms with Crippen LogP contribution >= 0.6 is 12.4 Å². The molecule has 68 valence electrons. The van der Waals surface area contributed by atoms with Gasteiger partial charge in [-0.1, -0.05) is 0 Å². The Morgan fingerprint density at radius 2 is 2.42 bits per heavy atom. The number of carbonyl (C=O) groups is 1. The van der Waals surface area contributed by atoms with Gasteiger partial charge in [-0.15, -0.1) is 12.4 Å². The molecular formula is C7H12ClN3O. The number of hydrogen-bond acceptors (Lipinski definition) is 3. The zero-order valence-electron chi connectivity index (χ0n) is 6.86. The number of nitrogens with zero attached hydrogens (tertiary/aromatic N) is 2. The molecule has 5 heteroatoms. The van der Waals surface area contributed by atoms with Crippen molar-refractivity contribution >= 4 is 24.0 Å². The zero-order valence-corrected chi connectivity index (χ0v) is 7.67. The fourth-order valence-electron chi connectivity index (χ4n) is 0.786. The first-order valence-corrected chi connectivity index (χ1v) is 3.45. The third-order valence-electron chi connectivity index (χ3n) is 1.38. The minimum Gasteiger partial charge on any atom is -0.382 e. The van der Waals surface area contributed by atoms with Gasteiger partial charge in [-0.3, -0.25) is 4.79 Å². The highest BCUT2D eigenvalue weighted by Gasteiger charge is 1.95. The molecule has 0 aromatic carbocycles. The molecule has 0 radical (unpaired) electrons. The first kappa shape index (κ1) is 11.0. The lowest BCUT2D eigenvalue weighted by Gasteiger charge is -1.96. The topological polar surface area (TPSA) is 60.9 Å². The van der Waals surface area contributed by atoms with E-state index in [1.807, 2.05) is 0 Å². The molecule has 0 atom stereocenters. The third kappa shape index (κ3) is 3.39. The summed E-state index contributed by atoms with van der Waals surface area (Å²) in [4.78, 5) is 14.4. The smallest absolute Gasteiger partial charge is 0.141 e. The Kier molecular flexibility index (Phi) is 4.36. The summed E-state index contributed by atoms with van der Waals surface area (Å²) >= 11 is 0. The van der Waals surface area contributed by atoms with Gasteiger partial charge in [0.2, 0.25) is 0 Å². The molecule has 0 spiro atoms. The number of aromatic nitrogens is 2. The van der Waals surface area contributed by atoms with Crippen LogP contribution in [0.15, 0.2) is 12.5 Å². The second kappa shape index (κ2) is 4.77. The van der Waals surface area contributed by atoms with Crippen molar-refractivity contribution < 1.29 is 4.79 Å². The number of aryl methyl sites for hydroxylation is 1. The molecule has 0 saturated carbocycles. The summed E-state index contributed by atoms with van der Waals surface area (Å²) in [5.41, 5.74) is 5.37. The Bertz CT molecular complexity index is 259. The summed E-state index contributed by atoms with van der Waals surface area (Å²) in [6.45, 7) is 2.24. The molecule has 0 amide bonds. The van der Waals surface area contributed by atoms with Crippen LogP contribution < -0.4 is 5.73 Å². The summed E-state index contributed by atoms with van der Waals surface area (Å²) in [6, 6.07) is 0. The second-order valence-electron chi connectivity index (χ2n) is 2.49. The van der Waals surface area contributed by atoms with E-state index < -0.39 is 0 Å². The maximum atomic E-state index is 10.6. The van der Waals surface area contributed by atoms with Gasteiger partial charge in [-0.25, -0.2) is 4.98 Å². The minimum atomic E-state index is 0. The molecule has 0 aliphatic heterocycles. The van der Waals surface area contributed by atoms with Crippen molar-refractivity contribution in [3.63, 3.8) is 0 Å². The van der Waals surface area contributed by atoms with Gasteiger partial charge in [-0.2, -0.15) is 0 Å². The maximum Gasteiger partial charge on any atom is 0.141 e. The van der Waals surface area contributed by atoms with E-state index in [0.717, 1.165) is 0 Å². The molecule has 0 saturated heterocycles. The highest BCUT2D eigenvalue weighted by molar-refractivity contribution is 5.85. The van der Waals surface area contributed by atoms with Crippen LogP contribution in [0.1, 0.15) is 13.3 Å². The molecule has 1 aromatic heterocycles. The maximum absolute atomic E-state index is 10.6. The zero-order chi connectivity index (χ0) is 8.27. The molecule has 0 aliphatic carbocycles. The number of carbonyl (C=O) groups excluding carboxylic acids is 1. The van der Waals surface area contributed by atoms with Gasteiger partial charge in [0.25, 0.3) is 0 Å². The van der Waals surface area contributed by atoms with Crippen LogP contribution in [0.25, 0.3) is 0 Å². The van der Waals surface area contributed by atoms with E-state index in [0.29, 0.717) is 18.8 Å². The van der Waals surface area contributed by atoms with Gasteiger partial charge in [0, 0.05) is 19.2 Å². The van der Waals surface area contributed by atoms with Crippen LogP contribution in [0.5, 0.6) is 0 Å². The van der Waals surface area contributed by atoms with Crippen LogP contribution in [-0.2, 0) is 11.3 Å². The lowest BCUT2D eigenvalue weighted by Crippen LogP contribution is -1.99. The molecule has 12 heavy (non-hydrogen) atoms. The van der Waals surface area contributed by atoms with Crippen LogP contribution in [0.2, 0.25) is 0 Å². The van der Waals surface area contributed by atoms with Crippen molar-refractivity contribution in [2.24, 2.45) is 0 Å². The number of halogens is 1. The van der Waals surface area contributed by atoms with Gasteiger partial charge in [0.15, 0.2) is 0 Å². The first-order chi connectivity index (χ1) is 5.18. The molecule has 1 heterocycles. The van der Waals surface area contributed by atoms with Gasteiger partial charge < -0.3 is 10.3 Å². The Hall–Kier alpha value is -1.03. The monoisotopic (exact) mass is 189 g/mol. The van der Waals surface area contributed by atoms with E-state index in [1.165, 1.54) is 0 Å². The van der Waals surface area contributed by atoms with Crippen LogP contribution in [0.3, 0.4) is 0 Å². The lowest BCUT2D eigenvalue weighted by molar-refractivity contribution is -0.117. The van der Waals surface area contributed by atoms with Gasteiger partial charge >= 0.3 is 0 Å². The minimum absolute atomic E-state index is 0. The molecule has 1 rings (SSSR count). The lowest BCUT2D eigenvalue weighted by atomic mass is 10.3. The number of imidazole rings is 1. The van der Waals surface area contributed by atoms with E-state index in [9.17, 15) is 4.79 Å². The molecular weight excluding hydrogens is 178 g/mol. The fraction of sp³-hybridized carbons (Fsp3) is 0.429. The van der Waals surface area contributed by atoms with Gasteiger partial charge in [0.1, 0.15) is 11.6 Å². The van der Waals surface area contributed by atoms with E-state index >= 15 is 0 Å². The van der Waals surface area contributed by atoms with Gasteiger partial charge in [0.05, 0.1) is 6.33 Å². The highest BCUT2D eigenvalue weighted by atomic mass is 35.5. The molecule has 0 aliphatic rings. The van der Waals surface area contributed by atoms with Crippen molar-refractivity contribution in [2.45, 2.75) is 19.9 Å². The third-order valence-corrected chi connectivity index (χ3v) is 1.38. The number of anilines is 1. The summed E-state index contributed by atoms with van der Waals surface area (Å²) in [7, 11) is 0. The quantitative estimate of drug-likeness (QED) is 0.768. The Morgan fingerprint density at radius 1 is 1.75 bits per heavy atom. The van der Waals surface area contributed by atoms with Crippen molar-refractivity contribution in [1.29, 1.82) is 0 Å². The molecule has 4 nitrogen and oxygen atoms in total. The Balaban J connectivity index is 0.00000121. The van der Waals surface area contributed by atoms with Crippen molar-refractivity contribution in [1.82, 2.24) is 9.55 Å². The highest BCUT2D eigenvalue weighted by Crippen LogP contribution is 1.97. The van der Waals surface area contributed by atoms with E-state index in [2.05, 4.69) is 4.98 Å². The standard InChI is InChI=1S/C7H11N3O.ClH/c1-6(11)2-3-10-4-7(8)9-5-10;/h4-5H,2-3,8H2,1H3;1H. The predicted octanol–water partition coefficient (Wildman–Crippen LogP) is 0.866.